The average Bonchev–Trinajstić information content (AvgIpc) is 2.77. The SMILES string of the molecule is C[C@@](O)(CN(N)/C(=C\N)CCCn1ccc(=O)[nH]c1=O)c1ccc(Cl)cc1-c1cccc(F)c1. The van der Waals surface area contributed by atoms with Gasteiger partial charge >= 0.3 is 5.69 Å². The Bertz CT molecular complexity index is 1300. The van der Waals surface area contributed by atoms with Gasteiger partial charge < -0.3 is 20.4 Å². The number of hydrogen-bond acceptors (Lipinski definition) is 6. The first-order valence-electron chi connectivity index (χ1n) is 10.6. The molecular weight excluding hydrogens is 461 g/mol. The second-order valence-electron chi connectivity index (χ2n) is 8.17. The maximum absolute atomic E-state index is 13.8. The van der Waals surface area contributed by atoms with E-state index in [-0.39, 0.29) is 6.54 Å². The highest BCUT2D eigenvalue weighted by atomic mass is 35.5. The first-order chi connectivity index (χ1) is 16.1. The van der Waals surface area contributed by atoms with Crippen molar-refractivity contribution in [1.29, 1.82) is 0 Å². The van der Waals surface area contributed by atoms with Crippen LogP contribution in [0.1, 0.15) is 25.3 Å². The van der Waals surface area contributed by atoms with Crippen molar-refractivity contribution in [2.75, 3.05) is 6.54 Å². The second kappa shape index (κ2) is 10.7. The molecule has 0 aliphatic carbocycles. The summed E-state index contributed by atoms with van der Waals surface area (Å²) in [5, 5.41) is 13.2. The maximum Gasteiger partial charge on any atom is 0.328 e. The van der Waals surface area contributed by atoms with Crippen molar-refractivity contribution >= 4 is 11.6 Å². The Balaban J connectivity index is 1.76. The molecule has 0 radical (unpaired) electrons. The molecule has 3 aromatic rings. The van der Waals surface area contributed by atoms with E-state index in [1.54, 1.807) is 37.3 Å². The molecule has 34 heavy (non-hydrogen) atoms. The fourth-order valence-electron chi connectivity index (χ4n) is 3.77. The van der Waals surface area contributed by atoms with Gasteiger partial charge in [-0.1, -0.05) is 29.8 Å². The first-order valence-corrected chi connectivity index (χ1v) is 11.0. The predicted molar refractivity (Wildman–Crippen MR) is 130 cm³/mol. The van der Waals surface area contributed by atoms with Crippen molar-refractivity contribution in [3.8, 4) is 11.1 Å². The van der Waals surface area contributed by atoms with Crippen molar-refractivity contribution in [2.24, 2.45) is 11.6 Å². The van der Waals surface area contributed by atoms with Gasteiger partial charge in [-0.05, 0) is 60.7 Å². The Morgan fingerprint density at radius 2 is 2.03 bits per heavy atom. The molecule has 0 aliphatic heterocycles. The van der Waals surface area contributed by atoms with Crippen LogP contribution in [0.25, 0.3) is 11.1 Å². The van der Waals surface area contributed by atoms with Gasteiger partial charge in [0.05, 0.1) is 6.54 Å². The lowest BCUT2D eigenvalue weighted by molar-refractivity contribution is 0.0248. The molecule has 180 valence electrons. The average molecular weight is 488 g/mol. The summed E-state index contributed by atoms with van der Waals surface area (Å²) in [7, 11) is 0. The number of aromatic amines is 1. The van der Waals surface area contributed by atoms with Crippen LogP contribution in [0, 0.1) is 5.82 Å². The van der Waals surface area contributed by atoms with Crippen LogP contribution in [0.3, 0.4) is 0 Å². The molecule has 1 aromatic heterocycles. The van der Waals surface area contributed by atoms with Gasteiger partial charge in [0.2, 0.25) is 0 Å². The number of nitrogens with one attached hydrogen (secondary N) is 1. The minimum Gasteiger partial charge on any atom is -0.403 e. The number of halogens is 2. The number of rotatable bonds is 9. The highest BCUT2D eigenvalue weighted by Crippen LogP contribution is 2.35. The summed E-state index contributed by atoms with van der Waals surface area (Å²) in [4.78, 5) is 25.2. The summed E-state index contributed by atoms with van der Waals surface area (Å²) in [6.45, 7) is 1.93. The third kappa shape index (κ3) is 6.13. The number of H-pyrrole nitrogens is 1. The molecule has 0 bridgehead atoms. The van der Waals surface area contributed by atoms with Gasteiger partial charge in [0.15, 0.2) is 0 Å². The monoisotopic (exact) mass is 487 g/mol. The molecule has 0 fully saturated rings. The minimum atomic E-state index is -1.44. The largest absolute Gasteiger partial charge is 0.403 e. The van der Waals surface area contributed by atoms with Gasteiger partial charge in [0.1, 0.15) is 11.4 Å². The Kier molecular flexibility index (Phi) is 7.93. The number of nitrogens with two attached hydrogens (primary N) is 2. The van der Waals surface area contributed by atoms with Gasteiger partial charge in [0, 0.05) is 35.7 Å². The lowest BCUT2D eigenvalue weighted by Gasteiger charge is -2.33. The molecule has 8 nitrogen and oxygen atoms in total. The van der Waals surface area contributed by atoms with E-state index in [0.29, 0.717) is 46.8 Å². The van der Waals surface area contributed by atoms with Gasteiger partial charge in [-0.25, -0.2) is 15.0 Å². The normalized spacial score (nSPS) is 13.5. The maximum atomic E-state index is 13.8. The minimum absolute atomic E-state index is 0.0153. The fourth-order valence-corrected chi connectivity index (χ4v) is 3.94. The lowest BCUT2D eigenvalue weighted by Crippen LogP contribution is -2.43. The van der Waals surface area contributed by atoms with Crippen LogP contribution in [0.15, 0.2) is 76.2 Å². The molecule has 0 aliphatic rings. The summed E-state index contributed by atoms with van der Waals surface area (Å²) in [6, 6.07) is 12.3. The number of aryl methyl sites for hydroxylation is 1. The molecule has 0 saturated carbocycles. The number of hydrazine groups is 1. The summed E-state index contributed by atoms with van der Waals surface area (Å²) in [5.41, 5.74) is 5.62. The zero-order chi connectivity index (χ0) is 24.9. The van der Waals surface area contributed by atoms with Crippen LogP contribution in [0.5, 0.6) is 0 Å². The van der Waals surface area contributed by atoms with E-state index in [4.69, 9.17) is 23.2 Å². The number of hydrogen-bond donors (Lipinski definition) is 4. The molecule has 6 N–H and O–H groups in total. The molecule has 1 atom stereocenters. The molecule has 3 rings (SSSR count). The number of aromatic nitrogens is 2. The highest BCUT2D eigenvalue weighted by molar-refractivity contribution is 6.30. The lowest BCUT2D eigenvalue weighted by atomic mass is 9.88. The van der Waals surface area contributed by atoms with Gasteiger partial charge in [-0.3, -0.25) is 9.78 Å². The summed E-state index contributed by atoms with van der Waals surface area (Å²) in [5.74, 6) is 5.84. The van der Waals surface area contributed by atoms with Crippen LogP contribution < -0.4 is 22.8 Å². The third-order valence-electron chi connectivity index (χ3n) is 5.47. The van der Waals surface area contributed by atoms with E-state index in [9.17, 15) is 19.1 Å². The summed E-state index contributed by atoms with van der Waals surface area (Å²) in [6.07, 6.45) is 3.71. The van der Waals surface area contributed by atoms with Gasteiger partial charge in [-0.15, -0.1) is 0 Å². The summed E-state index contributed by atoms with van der Waals surface area (Å²) < 4.78 is 15.2. The molecule has 1 heterocycles. The Morgan fingerprint density at radius 1 is 1.26 bits per heavy atom. The molecule has 10 heteroatoms. The Hall–Kier alpha value is -3.40. The number of nitrogens with zero attached hydrogens (tertiary/aromatic N) is 2. The van der Waals surface area contributed by atoms with Crippen molar-refractivity contribution in [2.45, 2.75) is 31.9 Å². The van der Waals surface area contributed by atoms with Crippen molar-refractivity contribution < 1.29 is 9.50 Å². The highest BCUT2D eigenvalue weighted by Gasteiger charge is 2.29. The number of benzene rings is 2. The van der Waals surface area contributed by atoms with Crippen molar-refractivity contribution in [1.82, 2.24) is 14.6 Å². The van der Waals surface area contributed by atoms with E-state index in [1.165, 1.54) is 40.2 Å². The predicted octanol–water partition coefficient (Wildman–Crippen LogP) is 2.66. The smallest absolute Gasteiger partial charge is 0.328 e. The van der Waals surface area contributed by atoms with Crippen LogP contribution in [0.4, 0.5) is 4.39 Å². The van der Waals surface area contributed by atoms with E-state index < -0.39 is 22.7 Å². The quantitative estimate of drug-likeness (QED) is 0.271. The van der Waals surface area contributed by atoms with Crippen LogP contribution >= 0.6 is 11.6 Å². The Morgan fingerprint density at radius 3 is 2.71 bits per heavy atom. The zero-order valence-corrected chi connectivity index (χ0v) is 19.4. The van der Waals surface area contributed by atoms with Crippen LogP contribution in [-0.2, 0) is 12.1 Å². The standard InChI is InChI=1S/C24H27ClFN5O3/c1-24(34,21-8-7-17(25)13-20(21)16-4-2-5-18(26)12-16)15-31(28)19(14-27)6-3-10-30-11-9-22(32)29-23(30)33/h2,4-5,7-9,11-14,34H,3,6,10,15,27-28H2,1H3,(H,29,32,33)/b19-14-/t24-/m1/s1. The van der Waals surface area contributed by atoms with Crippen molar-refractivity contribution in [3.05, 3.63) is 104 Å². The van der Waals surface area contributed by atoms with E-state index in [2.05, 4.69) is 4.98 Å². The topological polar surface area (TPSA) is 130 Å². The molecule has 0 spiro atoms. The molecule has 0 unspecified atom stereocenters. The second-order valence-corrected chi connectivity index (χ2v) is 8.60. The van der Waals surface area contributed by atoms with Gasteiger partial charge in [-0.2, -0.15) is 0 Å². The van der Waals surface area contributed by atoms with E-state index in [1.807, 2.05) is 0 Å². The number of aliphatic hydroxyl groups is 1. The molecule has 0 saturated heterocycles. The fraction of sp³-hybridized carbons (Fsp3) is 0.250. The molecule has 2 aromatic carbocycles. The van der Waals surface area contributed by atoms with Gasteiger partial charge in [0.25, 0.3) is 5.56 Å². The Labute approximate surface area is 200 Å². The van der Waals surface area contributed by atoms with Crippen LogP contribution in [0.2, 0.25) is 5.02 Å². The van der Waals surface area contributed by atoms with Crippen molar-refractivity contribution in [3.63, 3.8) is 0 Å². The van der Waals surface area contributed by atoms with E-state index >= 15 is 0 Å². The third-order valence-corrected chi connectivity index (χ3v) is 5.70. The van der Waals surface area contributed by atoms with E-state index in [0.717, 1.165) is 0 Å². The first kappa shape index (κ1) is 25.2. The number of allylic oxidation sites excluding steroid dienone is 1. The molecule has 0 amide bonds. The molecular formula is C24H27ClFN5O3. The summed E-state index contributed by atoms with van der Waals surface area (Å²) >= 11 is 6.18. The van der Waals surface area contributed by atoms with Crippen LogP contribution in [-0.4, -0.2) is 26.2 Å². The zero-order valence-electron chi connectivity index (χ0n) is 18.7.